The second kappa shape index (κ2) is 7.95. The standard InChI is InChI=1S/C18H15Cl2N3OS/c1-11-23-16(10-25-11)13-4-2-12(3-5-13)6-7-21-18(24)14-8-15(19)17(20)22-9-14/h2-5,8-10H,6-7H2,1H3,(H,21,24). The second-order valence-corrected chi connectivity index (χ2v) is 7.28. The molecule has 0 atom stereocenters. The van der Waals surface area contributed by atoms with Crippen molar-refractivity contribution in [2.45, 2.75) is 13.3 Å². The van der Waals surface area contributed by atoms with Gasteiger partial charge in [-0.3, -0.25) is 4.79 Å². The number of rotatable bonds is 5. The molecule has 0 fully saturated rings. The molecule has 7 heteroatoms. The van der Waals surface area contributed by atoms with Gasteiger partial charge in [-0.15, -0.1) is 11.3 Å². The molecule has 0 saturated heterocycles. The van der Waals surface area contributed by atoms with Gasteiger partial charge in [0.2, 0.25) is 0 Å². The highest BCUT2D eigenvalue weighted by molar-refractivity contribution is 7.09. The van der Waals surface area contributed by atoms with E-state index in [1.54, 1.807) is 11.3 Å². The van der Waals surface area contributed by atoms with E-state index < -0.39 is 0 Å². The normalized spacial score (nSPS) is 10.7. The van der Waals surface area contributed by atoms with Crippen LogP contribution in [0.25, 0.3) is 11.3 Å². The lowest BCUT2D eigenvalue weighted by atomic mass is 10.1. The average Bonchev–Trinajstić information content (AvgIpc) is 3.04. The quantitative estimate of drug-likeness (QED) is 0.635. The van der Waals surface area contributed by atoms with Gasteiger partial charge in [-0.2, -0.15) is 0 Å². The number of nitrogens with one attached hydrogen (secondary N) is 1. The molecule has 2 aromatic heterocycles. The van der Waals surface area contributed by atoms with Crippen molar-refractivity contribution < 1.29 is 4.79 Å². The maximum atomic E-state index is 12.1. The van der Waals surface area contributed by atoms with Crippen LogP contribution >= 0.6 is 34.5 Å². The number of nitrogens with zero attached hydrogens (tertiary/aromatic N) is 2. The molecule has 0 unspecified atom stereocenters. The third-order valence-electron chi connectivity index (χ3n) is 3.63. The van der Waals surface area contributed by atoms with Gasteiger partial charge in [-0.25, -0.2) is 9.97 Å². The highest BCUT2D eigenvalue weighted by Crippen LogP contribution is 2.22. The Hall–Kier alpha value is -1.95. The summed E-state index contributed by atoms with van der Waals surface area (Å²) in [6.45, 7) is 2.52. The highest BCUT2D eigenvalue weighted by atomic mass is 35.5. The number of carbonyl (C=O) groups excluding carboxylic acids is 1. The number of amides is 1. The molecule has 0 bridgehead atoms. The molecule has 25 heavy (non-hydrogen) atoms. The molecule has 1 aromatic carbocycles. The molecular formula is C18H15Cl2N3OS. The number of aromatic nitrogens is 2. The zero-order chi connectivity index (χ0) is 17.8. The van der Waals surface area contributed by atoms with E-state index in [0.717, 1.165) is 28.2 Å². The molecular weight excluding hydrogens is 377 g/mol. The maximum Gasteiger partial charge on any atom is 0.252 e. The van der Waals surface area contributed by atoms with Gasteiger partial charge in [-0.1, -0.05) is 47.5 Å². The zero-order valence-electron chi connectivity index (χ0n) is 13.4. The minimum absolute atomic E-state index is 0.189. The first kappa shape index (κ1) is 17.9. The summed E-state index contributed by atoms with van der Waals surface area (Å²) in [4.78, 5) is 20.4. The van der Waals surface area contributed by atoms with Gasteiger partial charge < -0.3 is 5.32 Å². The molecule has 0 radical (unpaired) electrons. The van der Waals surface area contributed by atoms with Crippen molar-refractivity contribution in [2.75, 3.05) is 6.54 Å². The smallest absolute Gasteiger partial charge is 0.252 e. The molecule has 0 spiro atoms. The molecule has 3 aromatic rings. The lowest BCUT2D eigenvalue weighted by molar-refractivity contribution is 0.0954. The van der Waals surface area contributed by atoms with E-state index in [0.29, 0.717) is 12.1 Å². The SMILES string of the molecule is Cc1nc(-c2ccc(CCNC(=O)c3cnc(Cl)c(Cl)c3)cc2)cs1. The van der Waals surface area contributed by atoms with Crippen LogP contribution in [0, 0.1) is 6.92 Å². The number of hydrogen-bond donors (Lipinski definition) is 1. The Bertz CT molecular complexity index is 894. The Balaban J connectivity index is 1.55. The fourth-order valence-electron chi connectivity index (χ4n) is 2.31. The second-order valence-electron chi connectivity index (χ2n) is 5.45. The molecule has 2 heterocycles. The van der Waals surface area contributed by atoms with Crippen LogP contribution in [0.2, 0.25) is 10.2 Å². The van der Waals surface area contributed by atoms with E-state index in [2.05, 4.69) is 44.9 Å². The summed E-state index contributed by atoms with van der Waals surface area (Å²) in [5.74, 6) is -0.222. The number of benzene rings is 1. The Morgan fingerprint density at radius 2 is 2.00 bits per heavy atom. The molecule has 0 aliphatic heterocycles. The summed E-state index contributed by atoms with van der Waals surface area (Å²) in [7, 11) is 0. The Labute approximate surface area is 159 Å². The van der Waals surface area contributed by atoms with Crippen LogP contribution in [-0.4, -0.2) is 22.4 Å². The zero-order valence-corrected chi connectivity index (χ0v) is 15.8. The van der Waals surface area contributed by atoms with Gasteiger partial charge in [0.15, 0.2) is 0 Å². The summed E-state index contributed by atoms with van der Waals surface area (Å²) < 4.78 is 0. The molecule has 0 aliphatic rings. The Morgan fingerprint density at radius 3 is 2.64 bits per heavy atom. The van der Waals surface area contributed by atoms with Gasteiger partial charge in [0.25, 0.3) is 5.91 Å². The lowest BCUT2D eigenvalue weighted by Crippen LogP contribution is -2.25. The molecule has 1 amide bonds. The van der Waals surface area contributed by atoms with Crippen LogP contribution in [-0.2, 0) is 6.42 Å². The summed E-state index contributed by atoms with van der Waals surface area (Å²) in [5, 5.41) is 6.41. The monoisotopic (exact) mass is 391 g/mol. The Kier molecular flexibility index (Phi) is 5.68. The van der Waals surface area contributed by atoms with Gasteiger partial charge in [0.05, 0.1) is 21.3 Å². The van der Waals surface area contributed by atoms with E-state index >= 15 is 0 Å². The van der Waals surface area contributed by atoms with Crippen LogP contribution in [0.5, 0.6) is 0 Å². The predicted octanol–water partition coefficient (Wildman–Crippen LogP) is 4.79. The first-order valence-corrected chi connectivity index (χ1v) is 9.27. The average molecular weight is 392 g/mol. The minimum atomic E-state index is -0.222. The third-order valence-corrected chi connectivity index (χ3v) is 5.09. The highest BCUT2D eigenvalue weighted by Gasteiger charge is 2.09. The number of pyridine rings is 1. The van der Waals surface area contributed by atoms with Crippen molar-refractivity contribution in [3.05, 3.63) is 68.2 Å². The topological polar surface area (TPSA) is 54.9 Å². The molecule has 0 aliphatic carbocycles. The summed E-state index contributed by atoms with van der Waals surface area (Å²) in [6, 6.07) is 9.72. The van der Waals surface area contributed by atoms with Gasteiger partial charge >= 0.3 is 0 Å². The van der Waals surface area contributed by atoms with Crippen molar-refractivity contribution in [2.24, 2.45) is 0 Å². The summed E-state index contributed by atoms with van der Waals surface area (Å²) in [6.07, 6.45) is 2.14. The van der Waals surface area contributed by atoms with E-state index in [1.807, 2.05) is 6.92 Å². The molecule has 4 nitrogen and oxygen atoms in total. The van der Waals surface area contributed by atoms with Crippen molar-refractivity contribution >= 4 is 40.4 Å². The molecule has 3 rings (SSSR count). The maximum absolute atomic E-state index is 12.1. The van der Waals surface area contributed by atoms with E-state index in [9.17, 15) is 4.79 Å². The van der Waals surface area contributed by atoms with Gasteiger partial charge in [0, 0.05) is 23.7 Å². The molecule has 128 valence electrons. The molecule has 1 N–H and O–H groups in total. The largest absolute Gasteiger partial charge is 0.352 e. The number of thiazole rings is 1. The number of carbonyl (C=O) groups is 1. The van der Waals surface area contributed by atoms with Crippen molar-refractivity contribution in [3.8, 4) is 11.3 Å². The predicted molar refractivity (Wildman–Crippen MR) is 103 cm³/mol. The third kappa shape index (κ3) is 4.57. The summed E-state index contributed by atoms with van der Waals surface area (Å²) >= 11 is 13.3. The van der Waals surface area contributed by atoms with Crippen molar-refractivity contribution in [3.63, 3.8) is 0 Å². The molecule has 0 saturated carbocycles. The minimum Gasteiger partial charge on any atom is -0.352 e. The van der Waals surface area contributed by atoms with Crippen molar-refractivity contribution in [1.82, 2.24) is 15.3 Å². The fraction of sp³-hybridized carbons (Fsp3) is 0.167. The first-order chi connectivity index (χ1) is 12.0. The summed E-state index contributed by atoms with van der Waals surface area (Å²) in [5.41, 5.74) is 3.63. The number of aryl methyl sites for hydroxylation is 1. The Morgan fingerprint density at radius 1 is 1.24 bits per heavy atom. The number of hydrogen-bond acceptors (Lipinski definition) is 4. The van der Waals surface area contributed by atoms with Crippen LogP contribution in [0.4, 0.5) is 0 Å². The lowest BCUT2D eigenvalue weighted by Gasteiger charge is -2.06. The van der Waals surface area contributed by atoms with Crippen LogP contribution in [0.3, 0.4) is 0 Å². The van der Waals surface area contributed by atoms with E-state index in [4.69, 9.17) is 23.2 Å². The van der Waals surface area contributed by atoms with Crippen LogP contribution < -0.4 is 5.32 Å². The van der Waals surface area contributed by atoms with Gasteiger partial charge in [0.1, 0.15) is 5.15 Å². The first-order valence-electron chi connectivity index (χ1n) is 7.63. The van der Waals surface area contributed by atoms with Gasteiger partial charge in [-0.05, 0) is 25.0 Å². The van der Waals surface area contributed by atoms with Crippen LogP contribution in [0.1, 0.15) is 20.9 Å². The van der Waals surface area contributed by atoms with E-state index in [-0.39, 0.29) is 16.1 Å². The van der Waals surface area contributed by atoms with Crippen LogP contribution in [0.15, 0.2) is 41.9 Å². The number of halogens is 2. The van der Waals surface area contributed by atoms with Crippen molar-refractivity contribution in [1.29, 1.82) is 0 Å². The fourth-order valence-corrected chi connectivity index (χ4v) is 3.20. The van der Waals surface area contributed by atoms with E-state index in [1.165, 1.54) is 12.3 Å².